The molecule has 1 aliphatic carbocycles. The number of benzene rings is 1. The predicted molar refractivity (Wildman–Crippen MR) is 84.8 cm³/mol. The molecule has 3 N–H and O–H groups in total. The zero-order valence-electron chi connectivity index (χ0n) is 12.7. The van der Waals surface area contributed by atoms with E-state index in [0.717, 1.165) is 12.8 Å². The first kappa shape index (κ1) is 15.5. The van der Waals surface area contributed by atoms with Crippen LogP contribution in [0.15, 0.2) is 24.3 Å². The second-order valence-electron chi connectivity index (χ2n) is 6.29. The third-order valence-corrected chi connectivity index (χ3v) is 4.89. The molecule has 1 aliphatic rings. The van der Waals surface area contributed by atoms with E-state index in [2.05, 4.69) is 31.2 Å². The number of hydrogen-bond acceptors (Lipinski definition) is 2. The van der Waals surface area contributed by atoms with Gasteiger partial charge in [-0.3, -0.25) is 0 Å². The van der Waals surface area contributed by atoms with Crippen molar-refractivity contribution in [3.8, 4) is 0 Å². The maximum absolute atomic E-state index is 10.8. The summed E-state index contributed by atoms with van der Waals surface area (Å²) in [6.45, 7) is 2.64. The third kappa shape index (κ3) is 3.83. The van der Waals surface area contributed by atoms with Gasteiger partial charge in [0.1, 0.15) is 0 Å². The van der Waals surface area contributed by atoms with Gasteiger partial charge >= 0.3 is 0 Å². The van der Waals surface area contributed by atoms with Crippen LogP contribution in [0.25, 0.3) is 0 Å². The SMILES string of the molecule is Cc1ccccc1C(CN)C(O)C1CCCCCCC1. The number of aryl methyl sites for hydroxylation is 1. The van der Waals surface area contributed by atoms with Gasteiger partial charge in [0.15, 0.2) is 0 Å². The van der Waals surface area contributed by atoms with Crippen LogP contribution in [0, 0.1) is 12.8 Å². The van der Waals surface area contributed by atoms with Crippen LogP contribution in [0.4, 0.5) is 0 Å². The molecule has 1 aromatic rings. The summed E-state index contributed by atoms with van der Waals surface area (Å²) in [6.07, 6.45) is 8.54. The van der Waals surface area contributed by atoms with Crippen molar-refractivity contribution in [3.05, 3.63) is 35.4 Å². The van der Waals surface area contributed by atoms with Crippen LogP contribution >= 0.6 is 0 Å². The molecule has 2 nitrogen and oxygen atoms in total. The third-order valence-electron chi connectivity index (χ3n) is 4.89. The summed E-state index contributed by atoms with van der Waals surface area (Å²) in [4.78, 5) is 0. The minimum absolute atomic E-state index is 0.0839. The Kier molecular flexibility index (Phi) is 6.06. The van der Waals surface area contributed by atoms with Crippen molar-refractivity contribution in [1.29, 1.82) is 0 Å². The van der Waals surface area contributed by atoms with Gasteiger partial charge in [-0.25, -0.2) is 0 Å². The lowest BCUT2D eigenvalue weighted by Gasteiger charge is -2.31. The Morgan fingerprint density at radius 1 is 1.10 bits per heavy atom. The lowest BCUT2D eigenvalue weighted by atomic mass is 9.78. The molecule has 0 radical (unpaired) electrons. The van der Waals surface area contributed by atoms with Crippen LogP contribution in [0.5, 0.6) is 0 Å². The molecule has 20 heavy (non-hydrogen) atoms. The van der Waals surface area contributed by atoms with Crippen molar-refractivity contribution in [2.24, 2.45) is 11.7 Å². The molecule has 2 atom stereocenters. The average molecular weight is 275 g/mol. The molecule has 1 aromatic carbocycles. The van der Waals surface area contributed by atoms with Gasteiger partial charge in [0, 0.05) is 12.5 Å². The number of aliphatic hydroxyl groups is 1. The van der Waals surface area contributed by atoms with Crippen molar-refractivity contribution in [2.45, 2.75) is 63.9 Å². The lowest BCUT2D eigenvalue weighted by Crippen LogP contribution is -2.33. The Morgan fingerprint density at radius 2 is 1.70 bits per heavy atom. The minimum Gasteiger partial charge on any atom is -0.392 e. The van der Waals surface area contributed by atoms with Gasteiger partial charge in [-0.05, 0) is 36.8 Å². The van der Waals surface area contributed by atoms with E-state index in [9.17, 15) is 5.11 Å². The largest absolute Gasteiger partial charge is 0.392 e. The molecule has 0 bridgehead atoms. The maximum Gasteiger partial charge on any atom is 0.0649 e. The maximum atomic E-state index is 10.8. The second kappa shape index (κ2) is 7.80. The normalized spacial score (nSPS) is 20.9. The number of aliphatic hydroxyl groups excluding tert-OH is 1. The van der Waals surface area contributed by atoms with Crippen molar-refractivity contribution < 1.29 is 5.11 Å². The van der Waals surface area contributed by atoms with Crippen molar-refractivity contribution >= 4 is 0 Å². The van der Waals surface area contributed by atoms with Gasteiger partial charge < -0.3 is 10.8 Å². The summed E-state index contributed by atoms with van der Waals surface area (Å²) in [6, 6.07) is 8.34. The van der Waals surface area contributed by atoms with E-state index in [1.54, 1.807) is 0 Å². The summed E-state index contributed by atoms with van der Waals surface area (Å²) in [5.74, 6) is 0.504. The molecule has 2 rings (SSSR count). The Hall–Kier alpha value is -0.860. The van der Waals surface area contributed by atoms with Crippen molar-refractivity contribution in [3.63, 3.8) is 0 Å². The smallest absolute Gasteiger partial charge is 0.0649 e. The standard InChI is InChI=1S/C18H29NO/c1-14-9-7-8-12-16(14)17(13-19)18(20)15-10-5-3-2-4-6-11-15/h7-9,12,15,17-18,20H,2-6,10-11,13,19H2,1H3. The van der Waals surface area contributed by atoms with Crippen LogP contribution in [-0.4, -0.2) is 17.8 Å². The van der Waals surface area contributed by atoms with E-state index >= 15 is 0 Å². The molecule has 0 saturated heterocycles. The number of nitrogens with two attached hydrogens (primary N) is 1. The molecule has 0 heterocycles. The highest BCUT2D eigenvalue weighted by Gasteiger charge is 2.28. The van der Waals surface area contributed by atoms with E-state index in [4.69, 9.17) is 5.73 Å². The molecule has 0 aliphatic heterocycles. The summed E-state index contributed by atoms with van der Waals surface area (Å²) in [5, 5.41) is 10.8. The van der Waals surface area contributed by atoms with Crippen LogP contribution in [0.2, 0.25) is 0 Å². The highest BCUT2D eigenvalue weighted by atomic mass is 16.3. The fourth-order valence-electron chi connectivity index (χ4n) is 3.61. The van der Waals surface area contributed by atoms with Gasteiger partial charge in [0.25, 0.3) is 0 Å². The molecular formula is C18H29NO. The van der Waals surface area contributed by atoms with Gasteiger partial charge in [-0.2, -0.15) is 0 Å². The van der Waals surface area contributed by atoms with Gasteiger partial charge in [0.2, 0.25) is 0 Å². The molecule has 2 unspecified atom stereocenters. The number of hydrogen-bond donors (Lipinski definition) is 2. The monoisotopic (exact) mass is 275 g/mol. The first-order valence-electron chi connectivity index (χ1n) is 8.17. The Balaban J connectivity index is 2.11. The zero-order valence-corrected chi connectivity index (χ0v) is 12.7. The Bertz CT molecular complexity index is 396. The van der Waals surface area contributed by atoms with Crippen LogP contribution in [-0.2, 0) is 0 Å². The fourth-order valence-corrected chi connectivity index (χ4v) is 3.61. The molecule has 0 aromatic heterocycles. The molecular weight excluding hydrogens is 246 g/mol. The molecule has 112 valence electrons. The van der Waals surface area contributed by atoms with E-state index < -0.39 is 0 Å². The Labute approximate surface area is 123 Å². The molecule has 0 spiro atoms. The van der Waals surface area contributed by atoms with Crippen molar-refractivity contribution in [2.75, 3.05) is 6.54 Å². The first-order valence-corrected chi connectivity index (χ1v) is 8.17. The quantitative estimate of drug-likeness (QED) is 0.879. The van der Waals surface area contributed by atoms with Gasteiger partial charge in [-0.15, -0.1) is 0 Å². The first-order chi connectivity index (χ1) is 9.74. The van der Waals surface area contributed by atoms with Crippen LogP contribution in [0.3, 0.4) is 0 Å². The molecule has 0 amide bonds. The minimum atomic E-state index is -0.292. The van der Waals surface area contributed by atoms with Crippen molar-refractivity contribution in [1.82, 2.24) is 0 Å². The molecule has 1 fully saturated rings. The topological polar surface area (TPSA) is 46.2 Å². The van der Waals surface area contributed by atoms with Gasteiger partial charge in [0.05, 0.1) is 6.10 Å². The predicted octanol–water partition coefficient (Wildman–Crippen LogP) is 3.76. The summed E-state index contributed by atoms with van der Waals surface area (Å²) in [5.41, 5.74) is 8.46. The highest BCUT2D eigenvalue weighted by molar-refractivity contribution is 5.30. The van der Waals surface area contributed by atoms with Crippen LogP contribution < -0.4 is 5.73 Å². The van der Waals surface area contributed by atoms with Crippen LogP contribution in [0.1, 0.15) is 62.0 Å². The van der Waals surface area contributed by atoms with E-state index in [1.165, 1.54) is 43.2 Å². The molecule has 2 heteroatoms. The summed E-state index contributed by atoms with van der Waals surface area (Å²) in [7, 11) is 0. The second-order valence-corrected chi connectivity index (χ2v) is 6.29. The van der Waals surface area contributed by atoms with E-state index in [-0.39, 0.29) is 12.0 Å². The number of rotatable bonds is 4. The Morgan fingerprint density at radius 3 is 2.30 bits per heavy atom. The summed E-state index contributed by atoms with van der Waals surface area (Å²) < 4.78 is 0. The zero-order chi connectivity index (χ0) is 14.4. The average Bonchev–Trinajstić information content (AvgIpc) is 2.41. The molecule has 1 saturated carbocycles. The van der Waals surface area contributed by atoms with Gasteiger partial charge in [-0.1, -0.05) is 56.4 Å². The fraction of sp³-hybridized carbons (Fsp3) is 0.667. The summed E-state index contributed by atoms with van der Waals surface area (Å²) >= 11 is 0. The van der Waals surface area contributed by atoms with E-state index in [0.29, 0.717) is 12.5 Å². The van der Waals surface area contributed by atoms with E-state index in [1.807, 2.05) is 0 Å². The lowest BCUT2D eigenvalue weighted by molar-refractivity contribution is 0.0678. The highest BCUT2D eigenvalue weighted by Crippen LogP contribution is 2.32.